The summed E-state index contributed by atoms with van der Waals surface area (Å²) < 4.78 is 1.97. The number of hydrogen-bond donors (Lipinski definition) is 1. The van der Waals surface area contributed by atoms with Gasteiger partial charge in [0.05, 0.1) is 12.3 Å². The van der Waals surface area contributed by atoms with Crippen molar-refractivity contribution < 1.29 is 5.11 Å². The minimum absolute atomic E-state index is 0.108. The normalized spacial score (nSPS) is 12.2. The first kappa shape index (κ1) is 9.21. The van der Waals surface area contributed by atoms with Gasteiger partial charge in [0.25, 0.3) is 0 Å². The lowest BCUT2D eigenvalue weighted by Crippen LogP contribution is -2.22. The highest BCUT2D eigenvalue weighted by Gasteiger charge is 2.22. The Morgan fingerprint density at radius 2 is 2.21 bits per heavy atom. The Balaban J connectivity index is 2.55. The molecule has 2 heterocycles. The van der Waals surface area contributed by atoms with Crippen LogP contribution in [0.25, 0.3) is 5.65 Å². The van der Waals surface area contributed by atoms with Crippen molar-refractivity contribution >= 4 is 5.65 Å². The number of hydrogen-bond acceptors (Lipinski definition) is 2. The van der Waals surface area contributed by atoms with Crippen LogP contribution in [0.2, 0.25) is 0 Å². The quantitative estimate of drug-likeness (QED) is 0.781. The van der Waals surface area contributed by atoms with Crippen LogP contribution in [0.3, 0.4) is 0 Å². The van der Waals surface area contributed by atoms with Crippen molar-refractivity contribution in [3.8, 4) is 0 Å². The number of aliphatic hydroxyl groups is 1. The highest BCUT2D eigenvalue weighted by atomic mass is 16.3. The number of pyridine rings is 1. The second-order valence-corrected chi connectivity index (χ2v) is 4.13. The third-order valence-electron chi connectivity index (χ3n) is 2.45. The first-order chi connectivity index (χ1) is 6.63. The zero-order valence-corrected chi connectivity index (χ0v) is 8.44. The third-order valence-corrected chi connectivity index (χ3v) is 2.45. The van der Waals surface area contributed by atoms with E-state index < -0.39 is 0 Å². The standard InChI is InChI=1S/C11H14N2O/c1-11(2,8-14)9-7-13-6-4-3-5-10(13)12-9/h3-7,14H,8H2,1-2H3. The monoisotopic (exact) mass is 190 g/mol. The molecule has 0 aromatic carbocycles. The number of nitrogens with zero attached hydrogens (tertiary/aromatic N) is 2. The van der Waals surface area contributed by atoms with Crippen LogP contribution in [0.5, 0.6) is 0 Å². The summed E-state index contributed by atoms with van der Waals surface area (Å²) in [6, 6.07) is 5.87. The van der Waals surface area contributed by atoms with Crippen molar-refractivity contribution in [3.05, 3.63) is 36.3 Å². The predicted octanol–water partition coefficient (Wildman–Crippen LogP) is 1.60. The zero-order valence-electron chi connectivity index (χ0n) is 8.44. The second kappa shape index (κ2) is 3.10. The van der Waals surface area contributed by atoms with E-state index in [1.54, 1.807) is 0 Å². The van der Waals surface area contributed by atoms with Gasteiger partial charge in [0.15, 0.2) is 0 Å². The number of imidazole rings is 1. The number of aliphatic hydroxyl groups excluding tert-OH is 1. The summed E-state index contributed by atoms with van der Waals surface area (Å²) in [6.45, 7) is 4.07. The van der Waals surface area contributed by atoms with Crippen LogP contribution in [-0.4, -0.2) is 21.1 Å². The number of fused-ring (bicyclic) bond motifs is 1. The molecule has 0 saturated carbocycles. The van der Waals surface area contributed by atoms with Gasteiger partial charge in [-0.15, -0.1) is 0 Å². The molecule has 0 radical (unpaired) electrons. The summed E-state index contributed by atoms with van der Waals surface area (Å²) in [4.78, 5) is 4.46. The van der Waals surface area contributed by atoms with E-state index in [2.05, 4.69) is 4.98 Å². The second-order valence-electron chi connectivity index (χ2n) is 4.13. The van der Waals surface area contributed by atoms with E-state index in [1.165, 1.54) is 0 Å². The summed E-state index contributed by atoms with van der Waals surface area (Å²) in [5, 5.41) is 9.22. The lowest BCUT2D eigenvalue weighted by atomic mass is 9.91. The van der Waals surface area contributed by atoms with Crippen molar-refractivity contribution in [2.75, 3.05) is 6.61 Å². The SMILES string of the molecule is CC(C)(CO)c1cn2ccccc2n1. The summed E-state index contributed by atoms with van der Waals surface area (Å²) in [7, 11) is 0. The van der Waals surface area contributed by atoms with Gasteiger partial charge < -0.3 is 9.51 Å². The molecule has 0 bridgehead atoms. The zero-order chi connectivity index (χ0) is 10.2. The summed E-state index contributed by atoms with van der Waals surface area (Å²) in [5.41, 5.74) is 1.57. The summed E-state index contributed by atoms with van der Waals surface area (Å²) in [5.74, 6) is 0. The lowest BCUT2D eigenvalue weighted by Gasteiger charge is -2.17. The molecule has 3 nitrogen and oxygen atoms in total. The van der Waals surface area contributed by atoms with Gasteiger partial charge >= 0.3 is 0 Å². The van der Waals surface area contributed by atoms with Crippen molar-refractivity contribution in [2.45, 2.75) is 19.3 Å². The molecule has 2 aromatic rings. The van der Waals surface area contributed by atoms with Crippen molar-refractivity contribution in [3.63, 3.8) is 0 Å². The van der Waals surface area contributed by atoms with Gasteiger partial charge in [0.1, 0.15) is 5.65 Å². The van der Waals surface area contributed by atoms with Crippen molar-refractivity contribution in [2.24, 2.45) is 0 Å². The van der Waals surface area contributed by atoms with Crippen LogP contribution in [0.4, 0.5) is 0 Å². The predicted molar refractivity (Wildman–Crippen MR) is 55.3 cm³/mol. The fraction of sp³-hybridized carbons (Fsp3) is 0.364. The van der Waals surface area contributed by atoms with E-state index in [0.717, 1.165) is 11.3 Å². The molecule has 0 unspecified atom stereocenters. The van der Waals surface area contributed by atoms with Crippen LogP contribution >= 0.6 is 0 Å². The van der Waals surface area contributed by atoms with E-state index in [9.17, 15) is 5.11 Å². The molecule has 2 aromatic heterocycles. The molecule has 0 atom stereocenters. The van der Waals surface area contributed by atoms with Gasteiger partial charge in [0.2, 0.25) is 0 Å². The Bertz CT molecular complexity index is 412. The smallest absolute Gasteiger partial charge is 0.136 e. The average Bonchev–Trinajstić information content (AvgIpc) is 2.61. The van der Waals surface area contributed by atoms with Gasteiger partial charge in [-0.25, -0.2) is 4.98 Å². The van der Waals surface area contributed by atoms with E-state index in [4.69, 9.17) is 0 Å². The number of aromatic nitrogens is 2. The molecule has 0 aliphatic rings. The largest absolute Gasteiger partial charge is 0.395 e. The molecule has 0 fully saturated rings. The minimum atomic E-state index is -0.272. The van der Waals surface area contributed by atoms with E-state index in [1.807, 2.05) is 48.8 Å². The molecular weight excluding hydrogens is 176 g/mol. The van der Waals surface area contributed by atoms with E-state index in [0.29, 0.717) is 0 Å². The van der Waals surface area contributed by atoms with E-state index in [-0.39, 0.29) is 12.0 Å². The van der Waals surface area contributed by atoms with Gasteiger partial charge in [0, 0.05) is 17.8 Å². The molecular formula is C11H14N2O. The number of rotatable bonds is 2. The highest BCUT2D eigenvalue weighted by molar-refractivity contribution is 5.40. The maximum absolute atomic E-state index is 9.22. The Labute approximate surface area is 83.0 Å². The van der Waals surface area contributed by atoms with Crippen LogP contribution in [-0.2, 0) is 5.41 Å². The Morgan fingerprint density at radius 3 is 2.86 bits per heavy atom. The van der Waals surface area contributed by atoms with Gasteiger partial charge in [-0.05, 0) is 12.1 Å². The van der Waals surface area contributed by atoms with Crippen LogP contribution in [0, 0.1) is 0 Å². The molecule has 0 saturated heterocycles. The maximum Gasteiger partial charge on any atom is 0.136 e. The van der Waals surface area contributed by atoms with Gasteiger partial charge in [-0.1, -0.05) is 19.9 Å². The topological polar surface area (TPSA) is 37.5 Å². The summed E-state index contributed by atoms with van der Waals surface area (Å²) in [6.07, 6.45) is 3.92. The first-order valence-corrected chi connectivity index (χ1v) is 4.68. The minimum Gasteiger partial charge on any atom is -0.395 e. The lowest BCUT2D eigenvalue weighted by molar-refractivity contribution is 0.216. The molecule has 3 heteroatoms. The third kappa shape index (κ3) is 1.40. The fourth-order valence-electron chi connectivity index (χ4n) is 1.34. The van der Waals surface area contributed by atoms with Gasteiger partial charge in [-0.3, -0.25) is 0 Å². The Hall–Kier alpha value is -1.35. The van der Waals surface area contributed by atoms with Crippen LogP contribution in [0.1, 0.15) is 19.5 Å². The molecule has 14 heavy (non-hydrogen) atoms. The molecule has 0 amide bonds. The summed E-state index contributed by atoms with van der Waals surface area (Å²) >= 11 is 0. The van der Waals surface area contributed by atoms with Gasteiger partial charge in [-0.2, -0.15) is 0 Å². The molecule has 0 aliphatic heterocycles. The first-order valence-electron chi connectivity index (χ1n) is 4.68. The maximum atomic E-state index is 9.22. The van der Waals surface area contributed by atoms with Crippen molar-refractivity contribution in [1.29, 1.82) is 0 Å². The Kier molecular flexibility index (Phi) is 2.04. The molecule has 1 N–H and O–H groups in total. The Morgan fingerprint density at radius 1 is 1.43 bits per heavy atom. The average molecular weight is 190 g/mol. The van der Waals surface area contributed by atoms with Crippen LogP contribution < -0.4 is 0 Å². The fourth-order valence-corrected chi connectivity index (χ4v) is 1.34. The molecule has 0 aliphatic carbocycles. The molecule has 74 valence electrons. The van der Waals surface area contributed by atoms with Crippen molar-refractivity contribution in [1.82, 2.24) is 9.38 Å². The molecule has 0 spiro atoms. The van der Waals surface area contributed by atoms with E-state index >= 15 is 0 Å². The highest BCUT2D eigenvalue weighted by Crippen LogP contribution is 2.21. The van der Waals surface area contributed by atoms with Crippen LogP contribution in [0.15, 0.2) is 30.6 Å². The molecule has 2 rings (SSSR count).